The van der Waals surface area contributed by atoms with Crippen molar-refractivity contribution >= 4 is 16.4 Å². The lowest BCUT2D eigenvalue weighted by Crippen LogP contribution is -2.00. The number of nitrogens with zero attached hydrogens (tertiary/aromatic N) is 5. The fourth-order valence-corrected chi connectivity index (χ4v) is 3.43. The monoisotopic (exact) mass is 358 g/mol. The first-order chi connectivity index (χ1) is 13.2. The number of aromatic nitrogens is 6. The summed E-state index contributed by atoms with van der Waals surface area (Å²) in [5.74, 6) is 0.748. The molecular weight excluding hydrogens is 340 g/mol. The Morgan fingerprint density at radius 1 is 1.15 bits per heavy atom. The third-order valence-electron chi connectivity index (χ3n) is 4.71. The van der Waals surface area contributed by atoms with E-state index in [0.29, 0.717) is 6.54 Å². The van der Waals surface area contributed by atoms with Crippen LogP contribution in [0.1, 0.15) is 11.3 Å². The van der Waals surface area contributed by atoms with Crippen LogP contribution in [-0.2, 0) is 6.54 Å². The zero-order valence-corrected chi connectivity index (χ0v) is 15.0. The van der Waals surface area contributed by atoms with Gasteiger partial charge in [-0.15, -0.1) is 5.10 Å². The lowest BCUT2D eigenvalue weighted by Gasteiger charge is -2.05. The van der Waals surface area contributed by atoms with Gasteiger partial charge in [0.25, 0.3) is 0 Å². The smallest absolute Gasteiger partial charge is 0.136 e. The predicted octanol–water partition coefficient (Wildman–Crippen LogP) is 3.44. The Labute approximate surface area is 155 Å². The maximum atomic E-state index is 5.39. The van der Waals surface area contributed by atoms with Crippen molar-refractivity contribution in [3.63, 3.8) is 0 Å². The number of ether oxygens (including phenoxy) is 1. The molecule has 0 aliphatic heterocycles. The van der Waals surface area contributed by atoms with Crippen molar-refractivity contribution in [2.24, 2.45) is 0 Å². The van der Waals surface area contributed by atoms with Gasteiger partial charge >= 0.3 is 0 Å². The summed E-state index contributed by atoms with van der Waals surface area (Å²) in [6.07, 6.45) is 7.41. The number of H-pyrrole nitrogens is 1. The van der Waals surface area contributed by atoms with E-state index < -0.39 is 0 Å². The molecule has 0 saturated heterocycles. The SMILES string of the molecule is COc1cc(-c2cn(Cc3ccc4cc(C)[nH]c4c3)nn2)c2cncn2c1. The van der Waals surface area contributed by atoms with Gasteiger partial charge in [-0.1, -0.05) is 17.3 Å². The number of fused-ring (bicyclic) bond motifs is 2. The number of rotatable bonds is 4. The minimum Gasteiger partial charge on any atom is -0.495 e. The molecule has 0 unspecified atom stereocenters. The molecule has 0 radical (unpaired) electrons. The van der Waals surface area contributed by atoms with E-state index in [4.69, 9.17) is 4.74 Å². The molecule has 5 rings (SSSR count). The average Bonchev–Trinajstić information content (AvgIpc) is 3.39. The van der Waals surface area contributed by atoms with Crippen molar-refractivity contribution < 1.29 is 4.74 Å². The van der Waals surface area contributed by atoms with Gasteiger partial charge in [0.05, 0.1) is 44.1 Å². The summed E-state index contributed by atoms with van der Waals surface area (Å²) in [7, 11) is 1.65. The molecule has 5 aromatic rings. The zero-order chi connectivity index (χ0) is 18.4. The maximum absolute atomic E-state index is 5.39. The zero-order valence-electron chi connectivity index (χ0n) is 15.0. The van der Waals surface area contributed by atoms with Crippen molar-refractivity contribution in [3.8, 4) is 17.0 Å². The summed E-state index contributed by atoms with van der Waals surface area (Å²) >= 11 is 0. The van der Waals surface area contributed by atoms with Gasteiger partial charge in [-0.05, 0) is 36.1 Å². The first-order valence-electron chi connectivity index (χ1n) is 8.68. The largest absolute Gasteiger partial charge is 0.495 e. The first kappa shape index (κ1) is 15.6. The molecule has 0 aliphatic carbocycles. The topological polar surface area (TPSA) is 73.0 Å². The predicted molar refractivity (Wildman–Crippen MR) is 103 cm³/mol. The molecule has 1 N–H and O–H groups in total. The number of aromatic amines is 1. The van der Waals surface area contributed by atoms with Gasteiger partial charge in [0.1, 0.15) is 11.4 Å². The molecule has 7 nitrogen and oxygen atoms in total. The fourth-order valence-electron chi connectivity index (χ4n) is 3.43. The average molecular weight is 358 g/mol. The van der Waals surface area contributed by atoms with Gasteiger partial charge in [-0.3, -0.25) is 0 Å². The Hall–Kier alpha value is -3.61. The van der Waals surface area contributed by atoms with Crippen molar-refractivity contribution in [2.45, 2.75) is 13.5 Å². The molecule has 0 spiro atoms. The summed E-state index contributed by atoms with van der Waals surface area (Å²) in [4.78, 5) is 7.59. The third-order valence-corrected chi connectivity index (χ3v) is 4.71. The van der Waals surface area contributed by atoms with Crippen LogP contribution in [0, 0.1) is 6.92 Å². The molecule has 4 aromatic heterocycles. The molecule has 0 atom stereocenters. The van der Waals surface area contributed by atoms with Crippen LogP contribution in [-0.4, -0.2) is 36.5 Å². The number of benzene rings is 1. The summed E-state index contributed by atoms with van der Waals surface area (Å²) < 4.78 is 9.16. The van der Waals surface area contributed by atoms with Gasteiger partial charge in [0.15, 0.2) is 0 Å². The minimum absolute atomic E-state index is 0.653. The Bertz CT molecular complexity index is 1260. The van der Waals surface area contributed by atoms with Crippen molar-refractivity contribution in [1.29, 1.82) is 0 Å². The molecule has 7 heteroatoms. The molecule has 0 bridgehead atoms. The normalized spacial score (nSPS) is 11.5. The number of imidazole rings is 1. The van der Waals surface area contributed by atoms with E-state index in [-0.39, 0.29) is 0 Å². The van der Waals surface area contributed by atoms with Crippen LogP contribution in [0.4, 0.5) is 0 Å². The van der Waals surface area contributed by atoms with E-state index in [0.717, 1.165) is 33.7 Å². The quantitative estimate of drug-likeness (QED) is 0.534. The highest BCUT2D eigenvalue weighted by atomic mass is 16.5. The second kappa shape index (κ2) is 5.98. The molecule has 27 heavy (non-hydrogen) atoms. The van der Waals surface area contributed by atoms with E-state index in [1.807, 2.05) is 33.7 Å². The first-order valence-corrected chi connectivity index (χ1v) is 8.68. The Morgan fingerprint density at radius 2 is 2.07 bits per heavy atom. The minimum atomic E-state index is 0.653. The lowest BCUT2D eigenvalue weighted by atomic mass is 10.1. The second-order valence-corrected chi connectivity index (χ2v) is 6.66. The number of hydrogen-bond donors (Lipinski definition) is 1. The van der Waals surface area contributed by atoms with E-state index in [1.54, 1.807) is 13.4 Å². The van der Waals surface area contributed by atoms with Gasteiger partial charge in [0.2, 0.25) is 0 Å². The lowest BCUT2D eigenvalue weighted by molar-refractivity contribution is 0.412. The molecule has 0 aliphatic rings. The van der Waals surface area contributed by atoms with E-state index in [2.05, 4.69) is 51.5 Å². The number of aryl methyl sites for hydroxylation is 1. The van der Waals surface area contributed by atoms with Gasteiger partial charge in [0, 0.05) is 16.8 Å². The van der Waals surface area contributed by atoms with E-state index in [1.165, 1.54) is 10.9 Å². The Balaban J connectivity index is 1.50. The van der Waals surface area contributed by atoms with Crippen LogP contribution in [0.3, 0.4) is 0 Å². The highest BCUT2D eigenvalue weighted by Crippen LogP contribution is 2.27. The van der Waals surface area contributed by atoms with Crippen LogP contribution in [0.25, 0.3) is 27.7 Å². The van der Waals surface area contributed by atoms with E-state index in [9.17, 15) is 0 Å². The third kappa shape index (κ3) is 2.73. The van der Waals surface area contributed by atoms with Crippen LogP contribution in [0.5, 0.6) is 5.75 Å². The van der Waals surface area contributed by atoms with Gasteiger partial charge < -0.3 is 14.1 Å². The molecule has 0 fully saturated rings. The van der Waals surface area contributed by atoms with Crippen LogP contribution >= 0.6 is 0 Å². The molecule has 0 amide bonds. The summed E-state index contributed by atoms with van der Waals surface area (Å²) in [6, 6.07) is 10.5. The fraction of sp³-hybridized carbons (Fsp3) is 0.150. The Kier molecular flexibility index (Phi) is 3.46. The molecule has 4 heterocycles. The maximum Gasteiger partial charge on any atom is 0.136 e. The second-order valence-electron chi connectivity index (χ2n) is 6.66. The van der Waals surface area contributed by atoms with Crippen molar-refractivity contribution in [1.82, 2.24) is 29.4 Å². The summed E-state index contributed by atoms with van der Waals surface area (Å²) in [5.41, 5.74) is 6.16. The van der Waals surface area contributed by atoms with Crippen LogP contribution in [0.2, 0.25) is 0 Å². The Morgan fingerprint density at radius 3 is 2.96 bits per heavy atom. The van der Waals surface area contributed by atoms with Crippen LogP contribution < -0.4 is 4.74 Å². The number of hydrogen-bond acceptors (Lipinski definition) is 4. The summed E-state index contributed by atoms with van der Waals surface area (Å²) in [5, 5.41) is 9.89. The van der Waals surface area contributed by atoms with Crippen LogP contribution in [0.15, 0.2) is 55.2 Å². The number of nitrogens with one attached hydrogen (secondary N) is 1. The molecule has 0 saturated carbocycles. The van der Waals surface area contributed by atoms with Crippen molar-refractivity contribution in [2.75, 3.05) is 7.11 Å². The van der Waals surface area contributed by atoms with E-state index >= 15 is 0 Å². The standard InChI is InChI=1S/C20H18N6O/c1-13-5-15-4-3-14(6-18(15)22-13)9-26-11-19(23-24-26)17-7-16(27-2)10-25-12-21-8-20(17)25/h3-8,10-12,22H,9H2,1-2H3. The van der Waals surface area contributed by atoms with Crippen molar-refractivity contribution in [3.05, 3.63) is 66.5 Å². The van der Waals surface area contributed by atoms with Gasteiger partial charge in [-0.2, -0.15) is 0 Å². The number of methoxy groups -OCH3 is 1. The highest BCUT2D eigenvalue weighted by molar-refractivity contribution is 5.81. The number of pyridine rings is 1. The molecular formula is C20H18N6O. The van der Waals surface area contributed by atoms with Gasteiger partial charge in [-0.25, -0.2) is 9.67 Å². The highest BCUT2D eigenvalue weighted by Gasteiger charge is 2.12. The molecule has 134 valence electrons. The summed E-state index contributed by atoms with van der Waals surface area (Å²) in [6.45, 7) is 2.72. The molecule has 1 aromatic carbocycles.